The Balaban J connectivity index is 1.63. The molecule has 1 amide bonds. The third kappa shape index (κ3) is 4.18. The van der Waals surface area contributed by atoms with Crippen molar-refractivity contribution in [2.45, 2.75) is 57.4 Å². The van der Waals surface area contributed by atoms with Crippen LogP contribution in [0.2, 0.25) is 0 Å². The van der Waals surface area contributed by atoms with Crippen LogP contribution in [-0.2, 0) is 9.59 Å². The molecule has 1 aromatic heterocycles. The summed E-state index contributed by atoms with van der Waals surface area (Å²) in [4.78, 5) is 29.2. The Hall–Kier alpha value is -3.60. The fraction of sp³-hybridized carbons (Fsp3) is 0.310. The van der Waals surface area contributed by atoms with Crippen molar-refractivity contribution in [1.29, 1.82) is 0 Å². The minimum absolute atomic E-state index is 0.0100. The number of anilines is 2. The van der Waals surface area contributed by atoms with Gasteiger partial charge >= 0.3 is 0 Å². The van der Waals surface area contributed by atoms with Gasteiger partial charge in [-0.1, -0.05) is 62.2 Å². The van der Waals surface area contributed by atoms with Crippen molar-refractivity contribution in [3.63, 3.8) is 0 Å². The molecule has 2 heterocycles. The van der Waals surface area contributed by atoms with Gasteiger partial charge in [-0.25, -0.2) is 0 Å². The fourth-order valence-electron chi connectivity index (χ4n) is 5.19. The van der Waals surface area contributed by atoms with Crippen molar-refractivity contribution in [3.8, 4) is 0 Å². The number of furan rings is 1. The average molecular weight is 455 g/mol. The molecule has 1 aliphatic heterocycles. The molecule has 2 atom stereocenters. The van der Waals surface area contributed by atoms with Crippen molar-refractivity contribution < 1.29 is 14.0 Å². The smallest absolute Gasteiger partial charge is 0.228 e. The number of unbranched alkanes of at least 4 members (excludes halogenated alkanes) is 2. The molecule has 2 aromatic carbocycles. The molecule has 0 saturated carbocycles. The standard InChI is InChI=1S/C29H30N2O3/c1-2-3-5-16-27(33)31-24-14-9-8-13-22(24)30-23-18-21(20-11-6-4-7-12-20)19-25(32)28(23)29(31)26-15-10-17-34-26/h4,6-15,17,21,29-30H,2-3,5,16,18-19H2,1H3/t21-,29+/m0/s1. The number of amides is 1. The maximum atomic E-state index is 13.8. The van der Waals surface area contributed by atoms with Gasteiger partial charge in [0.05, 0.1) is 17.6 Å². The van der Waals surface area contributed by atoms with Crippen LogP contribution in [0.25, 0.3) is 0 Å². The van der Waals surface area contributed by atoms with Crippen LogP contribution in [0, 0.1) is 0 Å². The lowest BCUT2D eigenvalue weighted by atomic mass is 9.79. The van der Waals surface area contributed by atoms with E-state index in [-0.39, 0.29) is 17.6 Å². The van der Waals surface area contributed by atoms with Crippen LogP contribution in [0.5, 0.6) is 0 Å². The predicted molar refractivity (Wildman–Crippen MR) is 134 cm³/mol. The monoisotopic (exact) mass is 454 g/mol. The van der Waals surface area contributed by atoms with Gasteiger partial charge in [0.2, 0.25) is 5.91 Å². The highest BCUT2D eigenvalue weighted by atomic mass is 16.3. The van der Waals surface area contributed by atoms with Crippen molar-refractivity contribution in [2.24, 2.45) is 0 Å². The van der Waals surface area contributed by atoms with Crippen molar-refractivity contribution in [3.05, 3.63) is 95.6 Å². The van der Waals surface area contributed by atoms with Crippen LogP contribution >= 0.6 is 0 Å². The van der Waals surface area contributed by atoms with Crippen molar-refractivity contribution in [1.82, 2.24) is 0 Å². The highest BCUT2D eigenvalue weighted by molar-refractivity contribution is 6.06. The van der Waals surface area contributed by atoms with Crippen LogP contribution in [-0.4, -0.2) is 11.7 Å². The lowest BCUT2D eigenvalue weighted by molar-refractivity contribution is -0.119. The number of nitrogens with zero attached hydrogens (tertiary/aromatic N) is 1. The number of para-hydroxylation sites is 2. The predicted octanol–water partition coefficient (Wildman–Crippen LogP) is 6.76. The number of hydrogen-bond donors (Lipinski definition) is 1. The summed E-state index contributed by atoms with van der Waals surface area (Å²) >= 11 is 0. The van der Waals surface area contributed by atoms with Crippen LogP contribution < -0.4 is 10.2 Å². The average Bonchev–Trinajstić information content (AvgIpc) is 3.34. The molecule has 0 saturated heterocycles. The van der Waals surface area contributed by atoms with Crippen LogP contribution in [0.1, 0.15) is 68.7 Å². The second-order valence-electron chi connectivity index (χ2n) is 9.11. The van der Waals surface area contributed by atoms with Gasteiger partial charge in [-0.05, 0) is 48.6 Å². The highest BCUT2D eigenvalue weighted by Crippen LogP contribution is 2.47. The molecule has 1 N–H and O–H groups in total. The van der Waals surface area contributed by atoms with Crippen LogP contribution in [0.4, 0.5) is 11.4 Å². The molecular weight excluding hydrogens is 424 g/mol. The van der Waals surface area contributed by atoms with Gasteiger partial charge in [-0.2, -0.15) is 0 Å². The van der Waals surface area contributed by atoms with E-state index < -0.39 is 6.04 Å². The molecule has 2 aliphatic rings. The van der Waals surface area contributed by atoms with E-state index in [2.05, 4.69) is 24.4 Å². The number of allylic oxidation sites excluding steroid dienone is 1. The molecule has 174 valence electrons. The normalized spacial score (nSPS) is 19.8. The number of Topliss-reactive ketones (excluding diaryl/α,β-unsaturated/α-hetero) is 1. The van der Waals surface area contributed by atoms with Crippen molar-refractivity contribution >= 4 is 23.1 Å². The molecule has 5 nitrogen and oxygen atoms in total. The van der Waals surface area contributed by atoms with E-state index in [0.29, 0.717) is 30.6 Å². The summed E-state index contributed by atoms with van der Waals surface area (Å²) in [7, 11) is 0. The Morgan fingerprint density at radius 3 is 2.56 bits per heavy atom. The van der Waals surface area contributed by atoms with E-state index in [1.165, 1.54) is 0 Å². The highest BCUT2D eigenvalue weighted by Gasteiger charge is 2.42. The molecule has 0 radical (unpaired) electrons. The summed E-state index contributed by atoms with van der Waals surface area (Å²) in [5.41, 5.74) is 4.30. The van der Waals surface area contributed by atoms with Gasteiger partial charge in [0, 0.05) is 24.1 Å². The van der Waals surface area contributed by atoms with E-state index in [1.807, 2.05) is 54.6 Å². The molecule has 5 heteroatoms. The van der Waals surface area contributed by atoms with E-state index in [9.17, 15) is 9.59 Å². The Morgan fingerprint density at radius 2 is 1.79 bits per heavy atom. The van der Waals surface area contributed by atoms with Crippen molar-refractivity contribution in [2.75, 3.05) is 10.2 Å². The van der Waals surface area contributed by atoms with E-state index in [1.54, 1.807) is 11.2 Å². The number of carbonyl (C=O) groups excluding carboxylic acids is 2. The van der Waals surface area contributed by atoms with Gasteiger partial charge in [0.25, 0.3) is 0 Å². The zero-order valence-corrected chi connectivity index (χ0v) is 19.5. The molecule has 34 heavy (non-hydrogen) atoms. The molecular formula is C29H30N2O3. The van der Waals surface area contributed by atoms with Gasteiger partial charge in [-0.15, -0.1) is 0 Å². The summed E-state index contributed by atoms with van der Waals surface area (Å²) in [5.74, 6) is 0.775. The number of hydrogen-bond acceptors (Lipinski definition) is 4. The second-order valence-corrected chi connectivity index (χ2v) is 9.11. The summed E-state index contributed by atoms with van der Waals surface area (Å²) in [6.07, 6.45) is 6.02. The summed E-state index contributed by atoms with van der Waals surface area (Å²) in [6.45, 7) is 2.13. The zero-order valence-electron chi connectivity index (χ0n) is 19.5. The third-order valence-electron chi connectivity index (χ3n) is 6.84. The largest absolute Gasteiger partial charge is 0.467 e. The first-order chi connectivity index (χ1) is 16.7. The first kappa shape index (κ1) is 22.2. The Morgan fingerprint density at radius 1 is 1.00 bits per heavy atom. The number of nitrogens with one attached hydrogen (secondary N) is 1. The SMILES string of the molecule is CCCCCC(=O)N1c2ccccc2NC2=C(C(=O)C[C@@H](c3ccccc3)C2)[C@H]1c1ccco1. The Labute approximate surface area is 200 Å². The molecule has 5 rings (SSSR count). The summed E-state index contributed by atoms with van der Waals surface area (Å²) in [6, 6.07) is 21.1. The number of fused-ring (bicyclic) bond motifs is 1. The first-order valence-corrected chi connectivity index (χ1v) is 12.2. The zero-order chi connectivity index (χ0) is 23.5. The molecule has 0 fully saturated rings. The van der Waals surface area contributed by atoms with Crippen LogP contribution in [0.15, 0.2) is 88.7 Å². The Kier molecular flexibility index (Phi) is 6.35. The number of benzene rings is 2. The minimum atomic E-state index is -0.584. The number of rotatable bonds is 6. The summed E-state index contributed by atoms with van der Waals surface area (Å²) in [5, 5.41) is 3.56. The van der Waals surface area contributed by atoms with E-state index >= 15 is 0 Å². The van der Waals surface area contributed by atoms with Gasteiger partial charge in [0.1, 0.15) is 11.8 Å². The minimum Gasteiger partial charge on any atom is -0.467 e. The van der Waals surface area contributed by atoms with Gasteiger partial charge < -0.3 is 9.73 Å². The quantitative estimate of drug-likeness (QED) is 0.418. The maximum Gasteiger partial charge on any atom is 0.228 e. The maximum absolute atomic E-state index is 13.8. The molecule has 0 bridgehead atoms. The molecule has 0 spiro atoms. The first-order valence-electron chi connectivity index (χ1n) is 12.2. The molecule has 1 aliphatic carbocycles. The second kappa shape index (κ2) is 9.72. The van der Waals surface area contributed by atoms with Crippen LogP contribution in [0.3, 0.4) is 0 Å². The number of ketones is 1. The van der Waals surface area contributed by atoms with E-state index in [0.717, 1.165) is 41.9 Å². The number of carbonyl (C=O) groups is 2. The van der Waals surface area contributed by atoms with E-state index in [4.69, 9.17) is 4.42 Å². The Bertz CT molecular complexity index is 1200. The topological polar surface area (TPSA) is 62.6 Å². The lowest BCUT2D eigenvalue weighted by Crippen LogP contribution is -2.38. The summed E-state index contributed by atoms with van der Waals surface area (Å²) < 4.78 is 5.85. The fourth-order valence-corrected chi connectivity index (χ4v) is 5.19. The third-order valence-corrected chi connectivity index (χ3v) is 6.84. The lowest BCUT2D eigenvalue weighted by Gasteiger charge is -2.33. The molecule has 0 unspecified atom stereocenters. The van der Waals surface area contributed by atoms with Gasteiger partial charge in [-0.3, -0.25) is 14.5 Å². The van der Waals surface area contributed by atoms with Gasteiger partial charge in [0.15, 0.2) is 5.78 Å². The molecule has 3 aromatic rings.